The maximum absolute atomic E-state index is 13.8. The predicted molar refractivity (Wildman–Crippen MR) is 219 cm³/mol. The number of nitrogens with one attached hydrogen (secondary N) is 4. The van der Waals surface area contributed by atoms with Crippen molar-refractivity contribution in [3.8, 4) is 22.4 Å². The van der Waals surface area contributed by atoms with Gasteiger partial charge in [-0.25, -0.2) is 19.6 Å². The Morgan fingerprint density at radius 3 is 1.97 bits per heavy atom. The Balaban J connectivity index is 1.07. The third-order valence-corrected chi connectivity index (χ3v) is 11.8. The number of fused-ring (bicyclic) bond motifs is 2. The van der Waals surface area contributed by atoms with Crippen LogP contribution in [0.25, 0.3) is 44.2 Å². The molecule has 4 N–H and O–H groups in total. The van der Waals surface area contributed by atoms with Crippen LogP contribution in [-0.2, 0) is 23.8 Å². The average molecular weight is 793 g/mol. The number of aromatic nitrogens is 4. The van der Waals surface area contributed by atoms with E-state index in [4.69, 9.17) is 24.2 Å². The summed E-state index contributed by atoms with van der Waals surface area (Å²) in [5.41, 5.74) is 5.60. The standard InChI is InChI=1S/C43H52N8O7/c1-7-24(2)36(48-42(54)57-5)40(52)51-19-9-11-35(51)39-45-31-17-16-29(22-32(31)46-39)27-12-13-28-21-30(15-14-26(28)20-27)33-23-44-38(47-33)34-10-8-18-50(34)41(53)37(25(3)56-4)49-43(55)58-6/h12-17,20-25,34-37H,7-11,18-19H2,1-6H3,(H,44,47)(H,45,46)(H,48,54)(H,49,55)/t24-,25+,34-,35-,36-,37?/m0/s1. The largest absolute Gasteiger partial charge is 0.453 e. The van der Waals surface area contributed by atoms with Crippen LogP contribution in [0.5, 0.6) is 0 Å². The highest BCUT2D eigenvalue weighted by molar-refractivity contribution is 5.92. The number of H-pyrrole nitrogens is 2. The van der Waals surface area contributed by atoms with Crippen molar-refractivity contribution < 1.29 is 33.4 Å². The van der Waals surface area contributed by atoms with Crippen molar-refractivity contribution in [1.29, 1.82) is 0 Å². The molecule has 2 aliphatic rings. The molecule has 58 heavy (non-hydrogen) atoms. The normalized spacial score (nSPS) is 18.9. The van der Waals surface area contributed by atoms with Crippen molar-refractivity contribution >= 4 is 45.8 Å². The molecular weight excluding hydrogens is 741 g/mol. The molecule has 0 spiro atoms. The number of ether oxygens (including phenoxy) is 3. The second kappa shape index (κ2) is 17.3. The number of carbonyl (C=O) groups is 4. The number of carbonyl (C=O) groups excluding carboxylic acids is 4. The zero-order chi connectivity index (χ0) is 41.1. The minimum atomic E-state index is -0.900. The van der Waals surface area contributed by atoms with E-state index < -0.39 is 30.4 Å². The minimum absolute atomic E-state index is 0.0613. The van der Waals surface area contributed by atoms with Crippen LogP contribution >= 0.6 is 0 Å². The van der Waals surface area contributed by atoms with Gasteiger partial charge in [0.05, 0.1) is 55.3 Å². The SMILES string of the molecule is CC[C@H](C)[C@H](NC(=O)OC)C(=O)N1CCC[C@H]1c1nc2ccc(-c3ccc4cc(-c5cnc([C@@H]6CCCN6C(=O)C(NC(=O)OC)[C@@H](C)OC)[nH]5)ccc4c3)cc2[nH]1. The van der Waals surface area contributed by atoms with Crippen molar-refractivity contribution in [2.24, 2.45) is 5.92 Å². The molecule has 0 aliphatic carbocycles. The summed E-state index contributed by atoms with van der Waals surface area (Å²) in [6, 6.07) is 16.7. The van der Waals surface area contributed by atoms with Gasteiger partial charge in [0.25, 0.3) is 0 Å². The number of alkyl carbamates (subject to hydrolysis) is 2. The maximum atomic E-state index is 13.8. The number of imidazole rings is 2. The molecule has 15 nitrogen and oxygen atoms in total. The van der Waals surface area contributed by atoms with Gasteiger partial charge in [-0.1, -0.05) is 50.6 Å². The Hall–Kier alpha value is -5.96. The smallest absolute Gasteiger partial charge is 0.407 e. The van der Waals surface area contributed by atoms with Crippen molar-refractivity contribution in [3.63, 3.8) is 0 Å². The first-order chi connectivity index (χ1) is 28.0. The van der Waals surface area contributed by atoms with E-state index in [2.05, 4.69) is 69.1 Å². The van der Waals surface area contributed by atoms with Gasteiger partial charge in [0.2, 0.25) is 11.8 Å². The van der Waals surface area contributed by atoms with E-state index in [-0.39, 0.29) is 29.8 Å². The molecule has 5 aromatic rings. The van der Waals surface area contributed by atoms with E-state index in [1.807, 2.05) is 24.8 Å². The van der Waals surface area contributed by atoms with E-state index >= 15 is 0 Å². The Kier molecular flexibility index (Phi) is 12.0. The molecule has 15 heteroatoms. The van der Waals surface area contributed by atoms with E-state index in [0.29, 0.717) is 18.9 Å². The first-order valence-corrected chi connectivity index (χ1v) is 19.9. The predicted octanol–water partition coefficient (Wildman–Crippen LogP) is 6.63. The quantitative estimate of drug-likeness (QED) is 0.108. The van der Waals surface area contributed by atoms with E-state index in [1.54, 1.807) is 18.0 Å². The molecule has 1 unspecified atom stereocenters. The van der Waals surface area contributed by atoms with Gasteiger partial charge in [-0.3, -0.25) is 9.59 Å². The summed E-state index contributed by atoms with van der Waals surface area (Å²) in [5.74, 6) is 0.991. The highest BCUT2D eigenvalue weighted by Gasteiger charge is 2.40. The third kappa shape index (κ3) is 8.08. The monoisotopic (exact) mass is 792 g/mol. The van der Waals surface area contributed by atoms with Crippen molar-refractivity contribution in [2.45, 2.75) is 83.1 Å². The lowest BCUT2D eigenvalue weighted by Crippen LogP contribution is -2.54. The number of nitrogens with zero attached hydrogens (tertiary/aromatic N) is 4. The molecule has 0 saturated carbocycles. The highest BCUT2D eigenvalue weighted by atomic mass is 16.5. The van der Waals surface area contributed by atoms with Crippen LogP contribution in [0.3, 0.4) is 0 Å². The van der Waals surface area contributed by atoms with Gasteiger partial charge in [-0.2, -0.15) is 0 Å². The van der Waals surface area contributed by atoms with Gasteiger partial charge < -0.3 is 44.6 Å². The molecule has 7 rings (SSSR count). The summed E-state index contributed by atoms with van der Waals surface area (Å²) < 4.78 is 15.0. The summed E-state index contributed by atoms with van der Waals surface area (Å²) in [6.07, 6.45) is 3.83. The molecule has 3 aromatic carbocycles. The van der Waals surface area contributed by atoms with Gasteiger partial charge >= 0.3 is 12.2 Å². The number of amides is 4. The van der Waals surface area contributed by atoms with Gasteiger partial charge in [-0.15, -0.1) is 0 Å². The minimum Gasteiger partial charge on any atom is -0.453 e. The molecule has 306 valence electrons. The fourth-order valence-corrected chi connectivity index (χ4v) is 8.17. The Morgan fingerprint density at radius 2 is 1.33 bits per heavy atom. The third-order valence-electron chi connectivity index (χ3n) is 11.8. The van der Waals surface area contributed by atoms with Gasteiger partial charge in [0.1, 0.15) is 23.7 Å². The second-order valence-corrected chi connectivity index (χ2v) is 15.2. The fourth-order valence-electron chi connectivity index (χ4n) is 8.17. The van der Waals surface area contributed by atoms with Crippen LogP contribution in [-0.4, -0.2) is 106 Å². The number of rotatable bonds is 12. The van der Waals surface area contributed by atoms with Crippen LogP contribution in [0.1, 0.15) is 76.6 Å². The Morgan fingerprint density at radius 1 is 0.759 bits per heavy atom. The number of likely N-dealkylation sites (tertiary alicyclic amines) is 2. The van der Waals surface area contributed by atoms with Crippen molar-refractivity contribution in [3.05, 3.63) is 72.4 Å². The summed E-state index contributed by atoms with van der Waals surface area (Å²) >= 11 is 0. The topological polar surface area (TPSA) is 184 Å². The molecule has 2 saturated heterocycles. The van der Waals surface area contributed by atoms with E-state index in [0.717, 1.165) is 82.1 Å². The molecule has 2 fully saturated rings. The average Bonchev–Trinajstić information content (AvgIpc) is 4.09. The summed E-state index contributed by atoms with van der Waals surface area (Å²) in [5, 5.41) is 7.52. The van der Waals surface area contributed by atoms with Gasteiger partial charge in [0.15, 0.2) is 0 Å². The second-order valence-electron chi connectivity index (χ2n) is 15.2. The van der Waals surface area contributed by atoms with Crippen LogP contribution < -0.4 is 10.6 Å². The molecule has 2 aromatic heterocycles. The van der Waals surface area contributed by atoms with Crippen molar-refractivity contribution in [1.82, 2.24) is 40.4 Å². The molecule has 0 radical (unpaired) electrons. The summed E-state index contributed by atoms with van der Waals surface area (Å²) in [4.78, 5) is 71.8. The van der Waals surface area contributed by atoms with Crippen LogP contribution in [0, 0.1) is 5.92 Å². The van der Waals surface area contributed by atoms with Gasteiger partial charge in [0, 0.05) is 25.8 Å². The van der Waals surface area contributed by atoms with E-state index in [1.165, 1.54) is 21.3 Å². The number of aromatic amines is 2. The van der Waals surface area contributed by atoms with Crippen LogP contribution in [0.2, 0.25) is 0 Å². The van der Waals surface area contributed by atoms with Gasteiger partial charge in [-0.05, 0) is 84.7 Å². The highest BCUT2D eigenvalue weighted by Crippen LogP contribution is 2.36. The lowest BCUT2D eigenvalue weighted by molar-refractivity contribution is -0.137. The maximum Gasteiger partial charge on any atom is 0.407 e. The zero-order valence-corrected chi connectivity index (χ0v) is 33.8. The van der Waals surface area contributed by atoms with E-state index in [9.17, 15) is 19.2 Å². The molecule has 4 heterocycles. The number of hydrogen-bond acceptors (Lipinski definition) is 9. The molecule has 4 amide bonds. The zero-order valence-electron chi connectivity index (χ0n) is 33.8. The number of hydrogen-bond donors (Lipinski definition) is 4. The number of benzene rings is 3. The van der Waals surface area contributed by atoms with Crippen molar-refractivity contribution in [2.75, 3.05) is 34.4 Å². The molecule has 0 bridgehead atoms. The molecule has 6 atom stereocenters. The fraction of sp³-hybridized carbons (Fsp3) is 0.442. The van der Waals surface area contributed by atoms with Crippen LogP contribution in [0.15, 0.2) is 60.8 Å². The molecule has 2 aliphatic heterocycles. The lowest BCUT2D eigenvalue weighted by Gasteiger charge is -2.30. The summed E-state index contributed by atoms with van der Waals surface area (Å²) in [7, 11) is 4.06. The molecular formula is C43H52N8O7. The Bertz CT molecular complexity index is 2300. The number of methoxy groups -OCH3 is 3. The summed E-state index contributed by atoms with van der Waals surface area (Å²) in [6.45, 7) is 6.83. The Labute approximate surface area is 337 Å². The van der Waals surface area contributed by atoms with Crippen LogP contribution in [0.4, 0.5) is 9.59 Å². The first-order valence-electron chi connectivity index (χ1n) is 19.9. The first kappa shape index (κ1) is 40.2. The lowest BCUT2D eigenvalue weighted by atomic mass is 9.97.